The minimum absolute atomic E-state index is 0.111. The molecule has 1 aliphatic heterocycles. The molecule has 0 saturated carbocycles. The number of carbonyl (C=O) groups excluding carboxylic acids is 1. The van der Waals surface area contributed by atoms with Crippen LogP contribution in [0.5, 0.6) is 0 Å². The topological polar surface area (TPSA) is 55.4 Å². The van der Waals surface area contributed by atoms with Crippen LogP contribution in [0.2, 0.25) is 0 Å². The second-order valence-electron chi connectivity index (χ2n) is 9.51. The molecule has 0 fully saturated rings. The first kappa shape index (κ1) is 25.0. The number of rotatable bonds is 2. The normalized spacial score (nSPS) is 13.6. The Kier molecular flexibility index (Phi) is 5.33. The summed E-state index contributed by atoms with van der Waals surface area (Å²) in [5.74, 6) is -5.44. The first-order valence-corrected chi connectivity index (χ1v) is 11.9. The van der Waals surface area contributed by atoms with E-state index in [0.29, 0.717) is 40.4 Å². The van der Waals surface area contributed by atoms with Gasteiger partial charge in [0.1, 0.15) is 11.3 Å². The molecule has 0 bridgehead atoms. The van der Waals surface area contributed by atoms with Crippen molar-refractivity contribution >= 4 is 28.0 Å². The quantitative estimate of drug-likeness (QED) is 0.159. The van der Waals surface area contributed by atoms with Crippen LogP contribution in [0.15, 0.2) is 36.5 Å². The van der Waals surface area contributed by atoms with Crippen LogP contribution >= 0.6 is 0 Å². The summed E-state index contributed by atoms with van der Waals surface area (Å²) in [4.78, 5) is 24.0. The van der Waals surface area contributed by atoms with E-state index in [2.05, 4.69) is 9.97 Å². The maximum atomic E-state index is 14.6. The van der Waals surface area contributed by atoms with Crippen molar-refractivity contribution in [1.29, 1.82) is 0 Å². The Balaban J connectivity index is 1.69. The predicted molar refractivity (Wildman–Crippen MR) is 131 cm³/mol. The number of alkyl halides is 3. The van der Waals surface area contributed by atoms with E-state index in [0.717, 1.165) is 6.07 Å². The number of aryl methyl sites for hydroxylation is 2. The number of halogens is 6. The maximum absolute atomic E-state index is 14.6. The van der Waals surface area contributed by atoms with Crippen molar-refractivity contribution in [2.24, 2.45) is 7.05 Å². The second kappa shape index (κ2) is 8.32. The van der Waals surface area contributed by atoms with E-state index in [4.69, 9.17) is 0 Å². The van der Waals surface area contributed by atoms with Crippen LogP contribution in [0, 0.1) is 24.4 Å². The first-order chi connectivity index (χ1) is 18.4. The highest BCUT2D eigenvalue weighted by Crippen LogP contribution is 2.48. The lowest BCUT2D eigenvalue weighted by molar-refractivity contribution is -0.137. The van der Waals surface area contributed by atoms with Gasteiger partial charge in [-0.1, -0.05) is 6.07 Å². The minimum Gasteiger partial charge on any atom is -0.372 e. The van der Waals surface area contributed by atoms with Gasteiger partial charge in [-0.25, -0.2) is 23.1 Å². The highest BCUT2D eigenvalue weighted by atomic mass is 19.4. The van der Waals surface area contributed by atoms with Crippen molar-refractivity contribution in [3.63, 3.8) is 0 Å². The second-order valence-corrected chi connectivity index (χ2v) is 9.51. The molecule has 0 N–H and O–H groups in total. The van der Waals surface area contributed by atoms with Gasteiger partial charge >= 0.3 is 6.18 Å². The number of nitrogens with zero attached hydrogens (tertiary/aromatic N) is 5. The monoisotopic (exact) mass is 543 g/mol. The van der Waals surface area contributed by atoms with E-state index in [-0.39, 0.29) is 35.4 Å². The molecule has 4 heterocycles. The Morgan fingerprint density at radius 1 is 1.03 bits per heavy atom. The van der Waals surface area contributed by atoms with Crippen molar-refractivity contribution in [1.82, 2.24) is 18.9 Å². The van der Waals surface area contributed by atoms with Crippen LogP contribution in [-0.2, 0) is 19.6 Å². The number of likely N-dealkylation sites (N-methyl/N-ethyl adjacent to an activating group) is 1. The number of imidazole rings is 2. The lowest BCUT2D eigenvalue weighted by Gasteiger charge is -2.28. The Bertz CT molecular complexity index is 1830. The fourth-order valence-corrected chi connectivity index (χ4v) is 5.24. The molecule has 0 amide bonds. The van der Waals surface area contributed by atoms with Gasteiger partial charge in [0.2, 0.25) is 5.78 Å². The number of ketones is 1. The molecular weight excluding hydrogens is 524 g/mol. The molecule has 6 rings (SSSR count). The average molecular weight is 543 g/mol. The van der Waals surface area contributed by atoms with Crippen LogP contribution in [0.4, 0.5) is 32.0 Å². The molecule has 5 aromatic rings. The molecule has 0 atom stereocenters. The number of pyridine rings is 1. The van der Waals surface area contributed by atoms with Gasteiger partial charge < -0.3 is 9.47 Å². The van der Waals surface area contributed by atoms with E-state index in [1.807, 2.05) is 0 Å². The molecule has 0 aliphatic carbocycles. The van der Waals surface area contributed by atoms with Gasteiger partial charge in [0.25, 0.3) is 0 Å². The Morgan fingerprint density at radius 3 is 2.38 bits per heavy atom. The summed E-state index contributed by atoms with van der Waals surface area (Å²) in [6, 6.07) is 5.18. The molecule has 6 nitrogen and oxygen atoms in total. The summed E-state index contributed by atoms with van der Waals surface area (Å²) in [5.41, 5.74) is 0.313. The SMILES string of the molecule is Cc1nc2c3c(c(C(F)(F)F)cc2n1C)-c1cccn2c(C(=O)c4cc(F)c(F)c(F)c4)nc(c12)CCN3C. The molecule has 200 valence electrons. The molecule has 12 heteroatoms. The van der Waals surface area contributed by atoms with Crippen molar-refractivity contribution in [2.45, 2.75) is 19.5 Å². The standard InChI is InChI=1S/C27H19F6N5O/c1-12-34-22-19(37(12)3)11-15(27(31,32)33)20-14-5-4-7-38-23(14)18(6-8-36(2)24(20)22)35-26(38)25(39)13-9-16(28)21(30)17(29)10-13/h4-5,7,9-11H,6,8H2,1-3H3. The number of anilines is 1. The summed E-state index contributed by atoms with van der Waals surface area (Å²) in [6.07, 6.45) is -3.04. The Labute approximate surface area is 217 Å². The van der Waals surface area contributed by atoms with Gasteiger partial charge in [-0.2, -0.15) is 13.2 Å². The van der Waals surface area contributed by atoms with E-state index < -0.39 is 40.5 Å². The van der Waals surface area contributed by atoms with E-state index in [1.165, 1.54) is 22.7 Å². The number of fused-ring (bicyclic) bond motifs is 4. The van der Waals surface area contributed by atoms with Gasteiger partial charge in [0.05, 0.1) is 28.0 Å². The number of hydrogen-bond donors (Lipinski definition) is 0. The molecule has 1 aliphatic rings. The summed E-state index contributed by atoms with van der Waals surface area (Å²) in [7, 11) is 3.31. The molecule has 2 aromatic carbocycles. The van der Waals surface area contributed by atoms with Crippen LogP contribution in [0.25, 0.3) is 27.7 Å². The molecule has 0 spiro atoms. The van der Waals surface area contributed by atoms with E-state index >= 15 is 0 Å². The summed E-state index contributed by atoms with van der Waals surface area (Å²) >= 11 is 0. The van der Waals surface area contributed by atoms with Gasteiger partial charge in [-0.05, 0) is 31.2 Å². The largest absolute Gasteiger partial charge is 0.417 e. The van der Waals surface area contributed by atoms with E-state index in [1.54, 1.807) is 30.5 Å². The lowest BCUT2D eigenvalue weighted by Crippen LogP contribution is -2.24. The zero-order chi connectivity index (χ0) is 28.0. The minimum atomic E-state index is -4.73. The van der Waals surface area contributed by atoms with Crippen molar-refractivity contribution < 1.29 is 31.1 Å². The van der Waals surface area contributed by atoms with Crippen LogP contribution in [-0.4, -0.2) is 38.3 Å². The third kappa shape index (κ3) is 3.61. The van der Waals surface area contributed by atoms with Crippen LogP contribution in [0.1, 0.15) is 33.3 Å². The highest BCUT2D eigenvalue weighted by molar-refractivity contribution is 6.09. The lowest BCUT2D eigenvalue weighted by atomic mass is 9.93. The van der Waals surface area contributed by atoms with Crippen molar-refractivity contribution in [3.05, 3.63) is 82.4 Å². The molecule has 0 radical (unpaired) electrons. The van der Waals surface area contributed by atoms with E-state index in [9.17, 15) is 31.1 Å². The number of benzene rings is 2. The third-order valence-corrected chi connectivity index (χ3v) is 7.20. The zero-order valence-corrected chi connectivity index (χ0v) is 20.8. The maximum Gasteiger partial charge on any atom is 0.417 e. The number of aromatic nitrogens is 4. The van der Waals surface area contributed by atoms with Crippen molar-refractivity contribution in [2.75, 3.05) is 18.5 Å². The summed E-state index contributed by atoms with van der Waals surface area (Å²) in [6.45, 7) is 1.95. The zero-order valence-electron chi connectivity index (χ0n) is 20.8. The molecular formula is C27H19F6N5O. The third-order valence-electron chi connectivity index (χ3n) is 7.20. The molecule has 3 aromatic heterocycles. The van der Waals surface area contributed by atoms with Gasteiger partial charge in [0.15, 0.2) is 23.3 Å². The molecule has 0 saturated heterocycles. The fourth-order valence-electron chi connectivity index (χ4n) is 5.24. The Hall–Kier alpha value is -4.35. The van der Waals surface area contributed by atoms with Gasteiger partial charge in [-0.3, -0.25) is 9.20 Å². The van der Waals surface area contributed by atoms with Crippen LogP contribution in [0.3, 0.4) is 0 Å². The van der Waals surface area contributed by atoms with Crippen molar-refractivity contribution in [3.8, 4) is 11.1 Å². The predicted octanol–water partition coefficient (Wildman–Crippen LogP) is 5.86. The number of hydrogen-bond acceptors (Lipinski definition) is 4. The highest BCUT2D eigenvalue weighted by Gasteiger charge is 2.39. The number of carbonyl (C=O) groups is 1. The fraction of sp³-hybridized carbons (Fsp3) is 0.222. The smallest absolute Gasteiger partial charge is 0.372 e. The van der Waals surface area contributed by atoms with Gasteiger partial charge in [-0.15, -0.1) is 0 Å². The summed E-state index contributed by atoms with van der Waals surface area (Å²) < 4.78 is 88.0. The van der Waals surface area contributed by atoms with Gasteiger partial charge in [0, 0.05) is 49.9 Å². The molecule has 39 heavy (non-hydrogen) atoms. The average Bonchev–Trinajstić information content (AvgIpc) is 3.39. The van der Waals surface area contributed by atoms with Crippen LogP contribution < -0.4 is 4.90 Å². The Morgan fingerprint density at radius 2 is 1.72 bits per heavy atom. The first-order valence-electron chi connectivity index (χ1n) is 11.9. The molecule has 0 unspecified atom stereocenters. The summed E-state index contributed by atoms with van der Waals surface area (Å²) in [5, 5.41) is 0.